The molecule has 1 unspecified atom stereocenters. The lowest BCUT2D eigenvalue weighted by molar-refractivity contribution is -0.137. The summed E-state index contributed by atoms with van der Waals surface area (Å²) < 4.78 is 0. The monoisotopic (exact) mass is 243 g/mol. The number of hydrogen-bond donors (Lipinski definition) is 1. The quantitative estimate of drug-likeness (QED) is 0.890. The molecule has 0 fully saturated rings. The Morgan fingerprint density at radius 1 is 1.39 bits per heavy atom. The van der Waals surface area contributed by atoms with Gasteiger partial charge < -0.3 is 5.11 Å². The largest absolute Gasteiger partial charge is 0.481 e. The Bertz CT molecular complexity index is 543. The molecule has 2 heterocycles. The highest BCUT2D eigenvalue weighted by molar-refractivity contribution is 5.67. The van der Waals surface area contributed by atoms with Crippen LogP contribution < -0.4 is 0 Å². The molecule has 0 radical (unpaired) electrons. The van der Waals surface area contributed by atoms with Crippen LogP contribution in [0.15, 0.2) is 36.8 Å². The zero-order chi connectivity index (χ0) is 13.0. The lowest BCUT2D eigenvalue weighted by Crippen LogP contribution is -2.07. The molecule has 0 saturated carbocycles. The summed E-state index contributed by atoms with van der Waals surface area (Å²) >= 11 is 0. The van der Waals surface area contributed by atoms with E-state index >= 15 is 0 Å². The van der Waals surface area contributed by atoms with Gasteiger partial charge in [-0.05, 0) is 18.2 Å². The standard InChI is InChI=1S/C13H13N3O2/c1-9(7-12(17)18)13-15-6-4-11(16-13)10-3-2-5-14-8-10/h2-6,8-9H,7H2,1H3,(H,17,18). The van der Waals surface area contributed by atoms with Crippen molar-refractivity contribution in [2.24, 2.45) is 0 Å². The first kappa shape index (κ1) is 12.2. The highest BCUT2D eigenvalue weighted by atomic mass is 16.4. The van der Waals surface area contributed by atoms with E-state index in [1.165, 1.54) is 0 Å². The second-order valence-electron chi connectivity index (χ2n) is 4.04. The van der Waals surface area contributed by atoms with Gasteiger partial charge >= 0.3 is 5.97 Å². The smallest absolute Gasteiger partial charge is 0.304 e. The Kier molecular flexibility index (Phi) is 3.62. The number of pyridine rings is 1. The molecule has 0 bridgehead atoms. The van der Waals surface area contributed by atoms with Crippen LogP contribution in [0.1, 0.15) is 25.1 Å². The summed E-state index contributed by atoms with van der Waals surface area (Å²) in [5.74, 6) is -0.518. The van der Waals surface area contributed by atoms with Crippen LogP contribution in [0.25, 0.3) is 11.3 Å². The molecule has 5 heteroatoms. The summed E-state index contributed by atoms with van der Waals surface area (Å²) in [7, 11) is 0. The Balaban J connectivity index is 2.28. The van der Waals surface area contributed by atoms with E-state index in [-0.39, 0.29) is 12.3 Å². The summed E-state index contributed by atoms with van der Waals surface area (Å²) in [5, 5.41) is 8.77. The number of aliphatic carboxylic acids is 1. The maximum atomic E-state index is 10.7. The van der Waals surface area contributed by atoms with Gasteiger partial charge in [0.1, 0.15) is 5.82 Å². The van der Waals surface area contributed by atoms with Gasteiger partial charge in [0.15, 0.2) is 0 Å². The molecule has 0 amide bonds. The molecule has 2 rings (SSSR count). The molecule has 0 aliphatic carbocycles. The highest BCUT2D eigenvalue weighted by Crippen LogP contribution is 2.19. The summed E-state index contributed by atoms with van der Waals surface area (Å²) in [5.41, 5.74) is 1.65. The molecule has 1 atom stereocenters. The second-order valence-corrected chi connectivity index (χ2v) is 4.04. The van der Waals surface area contributed by atoms with Crippen LogP contribution in [0.5, 0.6) is 0 Å². The average Bonchev–Trinajstić information content (AvgIpc) is 2.39. The van der Waals surface area contributed by atoms with Gasteiger partial charge in [-0.25, -0.2) is 9.97 Å². The van der Waals surface area contributed by atoms with E-state index in [1.54, 1.807) is 31.6 Å². The number of hydrogen-bond acceptors (Lipinski definition) is 4. The Labute approximate surface area is 105 Å². The van der Waals surface area contributed by atoms with E-state index in [4.69, 9.17) is 5.11 Å². The van der Waals surface area contributed by atoms with E-state index in [0.717, 1.165) is 11.3 Å². The zero-order valence-electron chi connectivity index (χ0n) is 9.95. The average molecular weight is 243 g/mol. The van der Waals surface area contributed by atoms with Crippen LogP contribution in [0.2, 0.25) is 0 Å². The molecule has 0 aromatic carbocycles. The van der Waals surface area contributed by atoms with E-state index in [1.807, 2.05) is 12.1 Å². The van der Waals surface area contributed by atoms with Crippen LogP contribution in [-0.4, -0.2) is 26.0 Å². The van der Waals surface area contributed by atoms with Crippen LogP contribution in [0, 0.1) is 0 Å². The number of carboxylic acids is 1. The first-order chi connectivity index (χ1) is 8.66. The summed E-state index contributed by atoms with van der Waals surface area (Å²) in [4.78, 5) is 23.2. The Morgan fingerprint density at radius 2 is 2.22 bits per heavy atom. The second kappa shape index (κ2) is 5.35. The van der Waals surface area contributed by atoms with E-state index in [9.17, 15) is 4.79 Å². The van der Waals surface area contributed by atoms with Crippen molar-refractivity contribution in [2.45, 2.75) is 19.3 Å². The predicted octanol–water partition coefficient (Wildman–Crippen LogP) is 2.12. The molecule has 0 saturated heterocycles. The van der Waals surface area contributed by atoms with Crippen LogP contribution in [0.4, 0.5) is 0 Å². The minimum atomic E-state index is -0.849. The van der Waals surface area contributed by atoms with Gasteiger partial charge in [0.05, 0.1) is 12.1 Å². The van der Waals surface area contributed by atoms with Crippen molar-refractivity contribution in [3.8, 4) is 11.3 Å². The first-order valence-electron chi connectivity index (χ1n) is 5.62. The lowest BCUT2D eigenvalue weighted by atomic mass is 10.1. The van der Waals surface area contributed by atoms with Crippen molar-refractivity contribution in [3.63, 3.8) is 0 Å². The van der Waals surface area contributed by atoms with E-state index in [0.29, 0.717) is 5.82 Å². The lowest BCUT2D eigenvalue weighted by Gasteiger charge is -2.08. The van der Waals surface area contributed by atoms with Crippen molar-refractivity contribution in [1.29, 1.82) is 0 Å². The normalized spacial score (nSPS) is 12.1. The van der Waals surface area contributed by atoms with Crippen LogP contribution in [0.3, 0.4) is 0 Å². The molecule has 0 aliphatic rings. The fourth-order valence-electron chi connectivity index (χ4n) is 1.64. The van der Waals surface area contributed by atoms with Crippen molar-refractivity contribution in [3.05, 3.63) is 42.6 Å². The van der Waals surface area contributed by atoms with Crippen molar-refractivity contribution in [2.75, 3.05) is 0 Å². The Hall–Kier alpha value is -2.30. The van der Waals surface area contributed by atoms with Crippen molar-refractivity contribution in [1.82, 2.24) is 15.0 Å². The molecule has 18 heavy (non-hydrogen) atoms. The highest BCUT2D eigenvalue weighted by Gasteiger charge is 2.13. The van der Waals surface area contributed by atoms with Crippen molar-refractivity contribution < 1.29 is 9.90 Å². The molecule has 92 valence electrons. The molecule has 2 aromatic rings. The molecule has 0 aliphatic heterocycles. The summed E-state index contributed by atoms with van der Waals surface area (Å²) in [6, 6.07) is 5.52. The van der Waals surface area contributed by atoms with Gasteiger partial charge in [-0.1, -0.05) is 6.92 Å². The van der Waals surface area contributed by atoms with Gasteiger partial charge in [-0.3, -0.25) is 9.78 Å². The summed E-state index contributed by atoms with van der Waals surface area (Å²) in [6.45, 7) is 1.80. The van der Waals surface area contributed by atoms with Crippen LogP contribution >= 0.6 is 0 Å². The number of aromatic nitrogens is 3. The van der Waals surface area contributed by atoms with Gasteiger partial charge in [0, 0.05) is 30.1 Å². The fraction of sp³-hybridized carbons (Fsp3) is 0.231. The molecular weight excluding hydrogens is 230 g/mol. The van der Waals surface area contributed by atoms with Gasteiger partial charge in [-0.2, -0.15) is 0 Å². The number of carboxylic acid groups (broad SMARTS) is 1. The van der Waals surface area contributed by atoms with Gasteiger partial charge in [0.2, 0.25) is 0 Å². The third-order valence-electron chi connectivity index (χ3n) is 2.55. The Morgan fingerprint density at radius 3 is 2.89 bits per heavy atom. The maximum Gasteiger partial charge on any atom is 0.304 e. The summed E-state index contributed by atoms with van der Waals surface area (Å²) in [6.07, 6.45) is 5.08. The SMILES string of the molecule is CC(CC(=O)O)c1nccc(-c2cccnc2)n1. The predicted molar refractivity (Wildman–Crippen MR) is 65.9 cm³/mol. The minimum absolute atomic E-state index is 0.0243. The third-order valence-corrected chi connectivity index (χ3v) is 2.55. The number of nitrogens with zero attached hydrogens (tertiary/aromatic N) is 3. The topological polar surface area (TPSA) is 76.0 Å². The molecule has 2 aromatic heterocycles. The van der Waals surface area contributed by atoms with E-state index < -0.39 is 5.97 Å². The molecule has 1 N–H and O–H groups in total. The van der Waals surface area contributed by atoms with Crippen LogP contribution in [-0.2, 0) is 4.79 Å². The van der Waals surface area contributed by atoms with Gasteiger partial charge in [-0.15, -0.1) is 0 Å². The molecular formula is C13H13N3O2. The fourth-order valence-corrected chi connectivity index (χ4v) is 1.64. The first-order valence-corrected chi connectivity index (χ1v) is 5.62. The molecule has 5 nitrogen and oxygen atoms in total. The zero-order valence-corrected chi connectivity index (χ0v) is 9.95. The van der Waals surface area contributed by atoms with Gasteiger partial charge in [0.25, 0.3) is 0 Å². The number of carbonyl (C=O) groups is 1. The minimum Gasteiger partial charge on any atom is -0.481 e. The number of rotatable bonds is 4. The molecule has 0 spiro atoms. The third kappa shape index (κ3) is 2.88. The van der Waals surface area contributed by atoms with Crippen molar-refractivity contribution >= 4 is 5.97 Å². The van der Waals surface area contributed by atoms with E-state index in [2.05, 4.69) is 15.0 Å². The maximum absolute atomic E-state index is 10.7.